The van der Waals surface area contributed by atoms with Crippen LogP contribution in [0.25, 0.3) is 0 Å². The lowest BCUT2D eigenvalue weighted by molar-refractivity contribution is -0.207. The first kappa shape index (κ1) is 38.1. The summed E-state index contributed by atoms with van der Waals surface area (Å²) in [5.74, 6) is -4.76. The number of aliphatic hydroxyl groups excluding tert-OH is 4. The van der Waals surface area contributed by atoms with Crippen LogP contribution >= 0.6 is 0 Å². The lowest BCUT2D eigenvalue weighted by atomic mass is 9.34. The number of ether oxygens (including phenoxy) is 2. The first-order chi connectivity index (χ1) is 20.7. The SMILES string of the molecule is CC(C)C1=C[C@@]23CC[C@@H]4[C@](C)(CCC[C@@]4(C)C(=O)O)[C@H]2C[C@@H]1[C@@H](C(=O)O)[C@@H]3C(=O)O.OCCO.OCCOCCOCCO. The molecule has 1 spiro atoms. The van der Waals surface area contributed by atoms with E-state index in [0.29, 0.717) is 52.1 Å². The average Bonchev–Trinajstić information content (AvgIpc) is 2.98. The van der Waals surface area contributed by atoms with E-state index in [9.17, 15) is 29.7 Å². The number of rotatable bonds is 12. The predicted molar refractivity (Wildman–Crippen MR) is 160 cm³/mol. The highest BCUT2D eigenvalue weighted by Gasteiger charge is 2.71. The number of hydrogen-bond acceptors (Lipinski definition) is 9. The van der Waals surface area contributed by atoms with E-state index in [1.165, 1.54) is 0 Å². The molecule has 5 aliphatic carbocycles. The number of aliphatic carboxylic acids is 3. The number of fused-ring (bicyclic) bond motifs is 2. The molecule has 0 radical (unpaired) electrons. The Morgan fingerprint density at radius 1 is 0.818 bits per heavy atom. The monoisotopic (exact) mass is 630 g/mol. The Kier molecular flexibility index (Phi) is 14.3. The summed E-state index contributed by atoms with van der Waals surface area (Å²) >= 11 is 0. The lowest BCUT2D eigenvalue weighted by Gasteiger charge is -2.68. The molecule has 0 amide bonds. The maximum Gasteiger partial charge on any atom is 0.309 e. The van der Waals surface area contributed by atoms with Crippen molar-refractivity contribution in [3.8, 4) is 0 Å². The zero-order chi connectivity index (χ0) is 33.3. The molecular weight excluding hydrogens is 576 g/mol. The van der Waals surface area contributed by atoms with Gasteiger partial charge >= 0.3 is 17.9 Å². The number of carbonyl (C=O) groups is 3. The molecule has 3 saturated carbocycles. The molecule has 8 atom stereocenters. The molecule has 0 aromatic heterocycles. The van der Waals surface area contributed by atoms with Gasteiger partial charge in [-0.3, -0.25) is 14.4 Å². The molecule has 0 heterocycles. The van der Waals surface area contributed by atoms with Crippen LogP contribution in [0.4, 0.5) is 0 Å². The molecule has 12 heteroatoms. The summed E-state index contributed by atoms with van der Waals surface area (Å²) in [6.45, 7) is 9.62. The fraction of sp³-hybridized carbons (Fsp3) is 0.844. The number of carboxylic acids is 3. The third-order valence-corrected chi connectivity index (χ3v) is 10.7. The number of allylic oxidation sites excluding steroid dienone is 2. The Balaban J connectivity index is 0.000000405. The summed E-state index contributed by atoms with van der Waals surface area (Å²) in [5, 5.41) is 62.1. The van der Waals surface area contributed by atoms with E-state index in [4.69, 9.17) is 29.9 Å². The van der Waals surface area contributed by atoms with Crippen molar-refractivity contribution in [3.63, 3.8) is 0 Å². The van der Waals surface area contributed by atoms with Gasteiger partial charge in [-0.2, -0.15) is 0 Å². The first-order valence-electron chi connectivity index (χ1n) is 15.7. The van der Waals surface area contributed by atoms with Crippen LogP contribution in [-0.2, 0) is 23.9 Å². The molecule has 0 aliphatic heterocycles. The molecule has 3 fully saturated rings. The van der Waals surface area contributed by atoms with E-state index in [1.807, 2.05) is 6.92 Å². The molecule has 12 nitrogen and oxygen atoms in total. The highest BCUT2D eigenvalue weighted by molar-refractivity contribution is 5.83. The second-order valence-corrected chi connectivity index (χ2v) is 13.3. The largest absolute Gasteiger partial charge is 0.481 e. The van der Waals surface area contributed by atoms with Gasteiger partial charge in [0.2, 0.25) is 0 Å². The fourth-order valence-corrected chi connectivity index (χ4v) is 9.01. The topological polar surface area (TPSA) is 211 Å². The molecule has 5 rings (SSSR count). The molecule has 0 unspecified atom stereocenters. The van der Waals surface area contributed by atoms with Crippen LogP contribution in [0.5, 0.6) is 0 Å². The van der Waals surface area contributed by atoms with Gasteiger partial charge < -0.3 is 45.2 Å². The minimum absolute atomic E-state index is 0.00641. The average molecular weight is 631 g/mol. The van der Waals surface area contributed by atoms with Crippen LogP contribution in [0.3, 0.4) is 0 Å². The Hall–Kier alpha value is -2.09. The molecule has 5 aliphatic rings. The molecule has 0 saturated heterocycles. The third-order valence-electron chi connectivity index (χ3n) is 10.7. The summed E-state index contributed by atoms with van der Waals surface area (Å²) in [6.07, 6.45) is 6.36. The Bertz CT molecular complexity index is 988. The minimum Gasteiger partial charge on any atom is -0.481 e. The Labute approximate surface area is 260 Å². The van der Waals surface area contributed by atoms with Crippen molar-refractivity contribution in [2.24, 2.45) is 51.8 Å². The van der Waals surface area contributed by atoms with Gasteiger partial charge in [0.1, 0.15) is 0 Å². The highest BCUT2D eigenvalue weighted by atomic mass is 16.5. The standard InChI is InChI=1S/C24H34O6.C6H14O4.C2H6O2/c1-12(2)14-11-24-9-6-15-22(3,7-5-8-23(15,4)21(29)30)16(24)10-13(14)17(19(25)26)18(24)20(27)28;7-1-3-9-5-6-10-4-2-8;3-1-2-4/h11-13,15-18H,5-10H2,1-4H3,(H,25,26)(H,27,28)(H,29,30);7-8H,1-6H2;3-4H,1-2H2/t13-,15+,16+,17+,18+,22-,23+,24-;;/m0../s1. The second kappa shape index (κ2) is 16.5. The quantitative estimate of drug-likeness (QED) is 0.122. The Morgan fingerprint density at radius 3 is 1.82 bits per heavy atom. The second-order valence-electron chi connectivity index (χ2n) is 13.3. The molecule has 7 N–H and O–H groups in total. The summed E-state index contributed by atoms with van der Waals surface area (Å²) in [6, 6.07) is 0. The highest BCUT2D eigenvalue weighted by Crippen LogP contribution is 2.73. The van der Waals surface area contributed by atoms with E-state index in [0.717, 1.165) is 18.4 Å². The van der Waals surface area contributed by atoms with Crippen LogP contribution in [-0.4, -0.2) is 107 Å². The summed E-state index contributed by atoms with van der Waals surface area (Å²) in [7, 11) is 0. The van der Waals surface area contributed by atoms with Gasteiger partial charge in [-0.1, -0.05) is 38.8 Å². The van der Waals surface area contributed by atoms with E-state index < -0.39 is 40.6 Å². The smallest absolute Gasteiger partial charge is 0.309 e. The van der Waals surface area contributed by atoms with Crippen molar-refractivity contribution in [1.29, 1.82) is 0 Å². The molecule has 254 valence electrons. The van der Waals surface area contributed by atoms with E-state index in [-0.39, 0.29) is 55.5 Å². The molecule has 44 heavy (non-hydrogen) atoms. The summed E-state index contributed by atoms with van der Waals surface area (Å²) in [4.78, 5) is 37.0. The van der Waals surface area contributed by atoms with Gasteiger partial charge in [0, 0.05) is 5.41 Å². The molecule has 0 aromatic rings. The van der Waals surface area contributed by atoms with Crippen LogP contribution < -0.4 is 0 Å². The van der Waals surface area contributed by atoms with Crippen LogP contribution in [0.2, 0.25) is 0 Å². The maximum atomic E-state index is 12.5. The van der Waals surface area contributed by atoms with Gasteiger partial charge in [-0.05, 0) is 68.1 Å². The number of carboxylic acid groups (broad SMARTS) is 3. The maximum absolute atomic E-state index is 12.5. The van der Waals surface area contributed by atoms with E-state index >= 15 is 0 Å². The van der Waals surface area contributed by atoms with Gasteiger partial charge in [0.25, 0.3) is 0 Å². The molecular formula is C32H54O12. The number of aliphatic hydroxyl groups is 4. The van der Waals surface area contributed by atoms with Crippen molar-refractivity contribution in [2.45, 2.75) is 66.2 Å². The summed E-state index contributed by atoms with van der Waals surface area (Å²) < 4.78 is 9.75. The van der Waals surface area contributed by atoms with Crippen molar-refractivity contribution in [1.82, 2.24) is 0 Å². The van der Waals surface area contributed by atoms with Crippen molar-refractivity contribution >= 4 is 17.9 Å². The van der Waals surface area contributed by atoms with Crippen molar-refractivity contribution < 1.29 is 59.6 Å². The van der Waals surface area contributed by atoms with Gasteiger partial charge in [0.15, 0.2) is 0 Å². The van der Waals surface area contributed by atoms with Crippen molar-refractivity contribution in [2.75, 3.05) is 52.9 Å². The zero-order valence-electron chi connectivity index (χ0n) is 26.6. The van der Waals surface area contributed by atoms with Crippen LogP contribution in [0.15, 0.2) is 11.6 Å². The normalized spacial score (nSPS) is 35.2. The zero-order valence-corrected chi connectivity index (χ0v) is 26.6. The Morgan fingerprint density at radius 2 is 1.39 bits per heavy atom. The minimum atomic E-state index is -1.02. The lowest BCUT2D eigenvalue weighted by Crippen LogP contribution is -2.66. The predicted octanol–water partition coefficient (Wildman–Crippen LogP) is 2.27. The molecule has 0 aromatic carbocycles. The van der Waals surface area contributed by atoms with Gasteiger partial charge in [0.05, 0.1) is 70.1 Å². The first-order valence-corrected chi connectivity index (χ1v) is 15.7. The fourth-order valence-electron chi connectivity index (χ4n) is 9.01. The van der Waals surface area contributed by atoms with Crippen LogP contribution in [0.1, 0.15) is 66.2 Å². The number of hydrogen-bond donors (Lipinski definition) is 7. The van der Waals surface area contributed by atoms with E-state index in [1.54, 1.807) is 0 Å². The van der Waals surface area contributed by atoms with Crippen LogP contribution in [0, 0.1) is 51.8 Å². The summed E-state index contributed by atoms with van der Waals surface area (Å²) in [5.41, 5.74) is -0.709. The molecule has 2 bridgehead atoms. The van der Waals surface area contributed by atoms with Gasteiger partial charge in [-0.25, -0.2) is 0 Å². The van der Waals surface area contributed by atoms with E-state index in [2.05, 4.69) is 26.8 Å². The van der Waals surface area contributed by atoms with Crippen molar-refractivity contribution in [3.05, 3.63) is 11.6 Å². The van der Waals surface area contributed by atoms with Gasteiger partial charge in [-0.15, -0.1) is 0 Å². The third kappa shape index (κ3) is 7.64.